The summed E-state index contributed by atoms with van der Waals surface area (Å²) in [6, 6.07) is -0.333. The number of aromatic nitrogens is 1. The number of hydrogen-bond donors (Lipinski definition) is 2. The molecule has 2 N–H and O–H groups in total. The van der Waals surface area contributed by atoms with Gasteiger partial charge in [0.2, 0.25) is 0 Å². The molecule has 2 unspecified atom stereocenters. The summed E-state index contributed by atoms with van der Waals surface area (Å²) in [6.07, 6.45) is -7.19. The molecule has 0 bridgehead atoms. The summed E-state index contributed by atoms with van der Waals surface area (Å²) in [7, 11) is 0. The van der Waals surface area contributed by atoms with Crippen molar-refractivity contribution in [3.05, 3.63) is 16.1 Å². The van der Waals surface area contributed by atoms with Crippen LogP contribution in [0.25, 0.3) is 0 Å². The molecule has 0 saturated heterocycles. The molecule has 4 nitrogen and oxygen atoms in total. The first-order valence-electron chi connectivity index (χ1n) is 8.72. The normalized spacial score (nSPS) is 22.0. The van der Waals surface area contributed by atoms with E-state index in [-0.39, 0.29) is 31.8 Å². The highest BCUT2D eigenvalue weighted by molar-refractivity contribution is 7.09. The first-order chi connectivity index (χ1) is 12.6. The molecule has 0 spiro atoms. The van der Waals surface area contributed by atoms with Gasteiger partial charge >= 0.3 is 12.4 Å². The van der Waals surface area contributed by atoms with Gasteiger partial charge in [-0.1, -0.05) is 6.42 Å². The summed E-state index contributed by atoms with van der Waals surface area (Å²) in [5.41, 5.74) is -0.920. The zero-order valence-electron chi connectivity index (χ0n) is 14.8. The summed E-state index contributed by atoms with van der Waals surface area (Å²) < 4.78 is 76.4. The molecule has 0 radical (unpaired) electrons. The molecular weight excluding hydrogens is 394 g/mol. The van der Waals surface area contributed by atoms with E-state index in [1.807, 2.05) is 6.92 Å². The second-order valence-electron chi connectivity index (χ2n) is 6.38. The van der Waals surface area contributed by atoms with E-state index in [1.165, 1.54) is 0 Å². The van der Waals surface area contributed by atoms with Crippen molar-refractivity contribution in [1.29, 1.82) is 0 Å². The Kier molecular flexibility index (Phi) is 7.35. The Morgan fingerprint density at radius 1 is 1.26 bits per heavy atom. The van der Waals surface area contributed by atoms with Crippen LogP contribution in [0.1, 0.15) is 43.3 Å². The van der Waals surface area contributed by atoms with E-state index < -0.39 is 24.0 Å². The minimum absolute atomic E-state index is 0.00463. The number of aliphatic imine (C=N–C) groups is 1. The van der Waals surface area contributed by atoms with Gasteiger partial charge in [0.05, 0.1) is 10.9 Å². The fourth-order valence-electron chi connectivity index (χ4n) is 2.95. The monoisotopic (exact) mass is 416 g/mol. The number of rotatable bonds is 5. The fraction of sp³-hybridized carbons (Fsp3) is 0.750. The summed E-state index contributed by atoms with van der Waals surface area (Å²) in [4.78, 5) is 7.80. The van der Waals surface area contributed by atoms with Gasteiger partial charge < -0.3 is 10.6 Å². The van der Waals surface area contributed by atoms with Crippen LogP contribution in [0.5, 0.6) is 0 Å². The molecular formula is C16H22F6N4S. The Labute approximate surface area is 157 Å². The van der Waals surface area contributed by atoms with Crippen molar-refractivity contribution in [2.24, 2.45) is 10.9 Å². The average Bonchev–Trinajstić information content (AvgIpc) is 3.04. The second-order valence-corrected chi connectivity index (χ2v) is 7.32. The lowest BCUT2D eigenvalue weighted by atomic mass is 9.85. The topological polar surface area (TPSA) is 49.3 Å². The van der Waals surface area contributed by atoms with Gasteiger partial charge in [0.1, 0.15) is 0 Å². The van der Waals surface area contributed by atoms with E-state index in [1.54, 1.807) is 0 Å². The molecule has 2 atom stereocenters. The minimum atomic E-state index is -4.47. The summed E-state index contributed by atoms with van der Waals surface area (Å²) in [5, 5.41) is 7.25. The van der Waals surface area contributed by atoms with Gasteiger partial charge in [-0.2, -0.15) is 26.3 Å². The maximum atomic E-state index is 12.9. The molecule has 1 saturated carbocycles. The molecule has 1 heterocycles. The van der Waals surface area contributed by atoms with E-state index in [2.05, 4.69) is 20.6 Å². The second kappa shape index (κ2) is 9.11. The van der Waals surface area contributed by atoms with Crippen LogP contribution in [-0.2, 0) is 12.6 Å². The molecule has 11 heteroatoms. The van der Waals surface area contributed by atoms with Gasteiger partial charge in [0.25, 0.3) is 0 Å². The molecule has 1 fully saturated rings. The van der Waals surface area contributed by atoms with Gasteiger partial charge in [0.15, 0.2) is 11.7 Å². The van der Waals surface area contributed by atoms with E-state index in [0.29, 0.717) is 30.4 Å². The lowest BCUT2D eigenvalue weighted by molar-refractivity contribution is -0.183. The number of nitrogens with zero attached hydrogens (tertiary/aromatic N) is 2. The fourth-order valence-corrected chi connectivity index (χ4v) is 3.75. The third kappa shape index (κ3) is 6.86. The number of guanidine groups is 1. The zero-order chi connectivity index (χ0) is 20.1. The van der Waals surface area contributed by atoms with E-state index in [0.717, 1.165) is 16.7 Å². The van der Waals surface area contributed by atoms with Crippen LogP contribution in [-0.4, -0.2) is 36.3 Å². The highest BCUT2D eigenvalue weighted by Crippen LogP contribution is 2.37. The van der Waals surface area contributed by atoms with Crippen LogP contribution in [0.4, 0.5) is 26.3 Å². The Bertz CT molecular complexity index is 625. The van der Waals surface area contributed by atoms with Crippen LogP contribution in [0, 0.1) is 5.92 Å². The molecule has 1 aliphatic rings. The van der Waals surface area contributed by atoms with Gasteiger partial charge in [-0.3, -0.25) is 4.99 Å². The lowest BCUT2D eigenvalue weighted by Gasteiger charge is -2.31. The molecule has 154 valence electrons. The van der Waals surface area contributed by atoms with E-state index in [4.69, 9.17) is 0 Å². The standard InChI is InChI=1S/C16H22F6N4S/c1-2-23-14(25-11-5-3-4-10(8-11)15(17,18)19)24-7-6-13-26-12(9-27-13)16(20,21)22/h9-11H,2-8H2,1H3,(H2,23,24,25). The zero-order valence-corrected chi connectivity index (χ0v) is 15.6. The number of nitrogens with one attached hydrogen (secondary N) is 2. The highest BCUT2D eigenvalue weighted by atomic mass is 32.1. The molecule has 1 aromatic rings. The third-order valence-corrected chi connectivity index (χ3v) is 5.17. The lowest BCUT2D eigenvalue weighted by Crippen LogP contribution is -2.46. The van der Waals surface area contributed by atoms with Gasteiger partial charge in [-0.15, -0.1) is 11.3 Å². The molecule has 0 amide bonds. The SMILES string of the molecule is CCNC(=NCCc1nc(C(F)(F)F)cs1)NC1CCCC(C(F)(F)F)C1. The smallest absolute Gasteiger partial charge is 0.357 e. The van der Waals surface area contributed by atoms with Crippen molar-refractivity contribution >= 4 is 17.3 Å². The number of hydrogen-bond acceptors (Lipinski definition) is 3. The average molecular weight is 416 g/mol. The van der Waals surface area contributed by atoms with Gasteiger partial charge in [-0.05, 0) is 26.2 Å². The van der Waals surface area contributed by atoms with Gasteiger partial charge in [0, 0.05) is 30.9 Å². The Balaban J connectivity index is 1.91. The van der Waals surface area contributed by atoms with Crippen molar-refractivity contribution < 1.29 is 26.3 Å². The first kappa shape index (κ1) is 21.8. The molecule has 2 rings (SSSR count). The first-order valence-corrected chi connectivity index (χ1v) is 9.60. The highest BCUT2D eigenvalue weighted by Gasteiger charge is 2.42. The van der Waals surface area contributed by atoms with Crippen molar-refractivity contribution in [3.8, 4) is 0 Å². The summed E-state index contributed by atoms with van der Waals surface area (Å²) in [5.74, 6) is -0.944. The van der Waals surface area contributed by atoms with Crippen LogP contribution < -0.4 is 10.6 Å². The quantitative estimate of drug-likeness (QED) is 0.426. The van der Waals surface area contributed by atoms with Crippen LogP contribution >= 0.6 is 11.3 Å². The molecule has 0 aliphatic heterocycles. The molecule has 1 aromatic heterocycles. The molecule has 1 aliphatic carbocycles. The Hall–Kier alpha value is -1.52. The van der Waals surface area contributed by atoms with Crippen LogP contribution in [0.2, 0.25) is 0 Å². The van der Waals surface area contributed by atoms with Gasteiger partial charge in [-0.25, -0.2) is 4.98 Å². The van der Waals surface area contributed by atoms with Crippen molar-refractivity contribution in [2.75, 3.05) is 13.1 Å². The van der Waals surface area contributed by atoms with Crippen LogP contribution in [0.15, 0.2) is 10.4 Å². The molecule has 27 heavy (non-hydrogen) atoms. The van der Waals surface area contributed by atoms with Crippen molar-refractivity contribution in [2.45, 2.75) is 57.4 Å². The van der Waals surface area contributed by atoms with Crippen molar-refractivity contribution in [3.63, 3.8) is 0 Å². The number of alkyl halides is 6. The Morgan fingerprint density at radius 2 is 2.00 bits per heavy atom. The third-order valence-electron chi connectivity index (χ3n) is 4.26. The maximum absolute atomic E-state index is 12.9. The summed E-state index contributed by atoms with van der Waals surface area (Å²) in [6.45, 7) is 2.54. The van der Waals surface area contributed by atoms with Crippen molar-refractivity contribution in [1.82, 2.24) is 15.6 Å². The minimum Gasteiger partial charge on any atom is -0.357 e. The Morgan fingerprint density at radius 3 is 2.59 bits per heavy atom. The predicted molar refractivity (Wildman–Crippen MR) is 91.7 cm³/mol. The largest absolute Gasteiger partial charge is 0.434 e. The summed E-state index contributed by atoms with van der Waals surface area (Å²) >= 11 is 0.914. The number of thiazole rings is 1. The van der Waals surface area contributed by atoms with E-state index in [9.17, 15) is 26.3 Å². The van der Waals surface area contributed by atoms with E-state index >= 15 is 0 Å². The predicted octanol–water partition coefficient (Wildman–Crippen LogP) is 4.38. The maximum Gasteiger partial charge on any atom is 0.434 e. The number of halogens is 6. The molecule has 0 aromatic carbocycles. The van der Waals surface area contributed by atoms with Crippen LogP contribution in [0.3, 0.4) is 0 Å².